The summed E-state index contributed by atoms with van der Waals surface area (Å²) in [5, 5.41) is 5.92. The van der Waals surface area contributed by atoms with E-state index in [9.17, 15) is 19.2 Å². The fourth-order valence-electron chi connectivity index (χ4n) is 4.62. The molecule has 0 bridgehead atoms. The largest absolute Gasteiger partial charge is 0.365 e. The minimum Gasteiger partial charge on any atom is -0.365 e. The van der Waals surface area contributed by atoms with Crippen molar-refractivity contribution in [3.63, 3.8) is 0 Å². The number of nitrogens with one attached hydrogen (secondary N) is 2. The van der Waals surface area contributed by atoms with Crippen LogP contribution in [0.5, 0.6) is 0 Å². The summed E-state index contributed by atoms with van der Waals surface area (Å²) >= 11 is 1.33. The summed E-state index contributed by atoms with van der Waals surface area (Å²) < 4.78 is 0. The highest BCUT2D eigenvalue weighted by Crippen LogP contribution is 2.39. The normalized spacial score (nSPS) is 19.9. The molecule has 32 heavy (non-hydrogen) atoms. The van der Waals surface area contributed by atoms with Crippen LogP contribution in [0.4, 0.5) is 9.80 Å². The lowest BCUT2D eigenvalue weighted by atomic mass is 9.82. The summed E-state index contributed by atoms with van der Waals surface area (Å²) in [6.45, 7) is 3.50. The Morgan fingerprint density at radius 1 is 1.22 bits per heavy atom. The van der Waals surface area contributed by atoms with E-state index in [-0.39, 0.29) is 5.92 Å². The van der Waals surface area contributed by atoms with E-state index in [1.165, 1.54) is 11.3 Å². The third-order valence-electron chi connectivity index (χ3n) is 5.88. The number of aryl methyl sites for hydroxylation is 1. The van der Waals surface area contributed by atoms with Crippen molar-refractivity contribution in [3.05, 3.63) is 51.9 Å². The number of nitrogens with zero attached hydrogens (tertiary/aromatic N) is 1. The van der Waals surface area contributed by atoms with Crippen molar-refractivity contribution >= 4 is 40.1 Å². The van der Waals surface area contributed by atoms with Gasteiger partial charge < -0.3 is 16.4 Å². The summed E-state index contributed by atoms with van der Waals surface area (Å²) in [6.07, 6.45) is 2.96. The fourth-order valence-corrected chi connectivity index (χ4v) is 5.93. The Kier molecular flexibility index (Phi) is 5.77. The van der Waals surface area contributed by atoms with Crippen LogP contribution < -0.4 is 16.4 Å². The molecule has 1 aromatic carbocycles. The molecule has 8 nitrogen and oxygen atoms in total. The molecular formula is C23H26N4O4S. The summed E-state index contributed by atoms with van der Waals surface area (Å²) in [5.74, 6) is -1.47. The first-order valence-corrected chi connectivity index (χ1v) is 11.5. The Balaban J connectivity index is 1.56. The maximum atomic E-state index is 13.4. The molecule has 5 amide bonds. The van der Waals surface area contributed by atoms with Crippen molar-refractivity contribution in [2.75, 3.05) is 11.9 Å². The first-order chi connectivity index (χ1) is 15.2. The molecule has 0 spiro atoms. The summed E-state index contributed by atoms with van der Waals surface area (Å²) in [5.41, 5.74) is 6.25. The highest BCUT2D eigenvalue weighted by atomic mass is 32.1. The minimum atomic E-state index is -1.21. The van der Waals surface area contributed by atoms with Gasteiger partial charge in [0.2, 0.25) is 5.91 Å². The number of fused-ring (bicyclic) bond motifs is 1. The Morgan fingerprint density at radius 2 is 1.94 bits per heavy atom. The molecule has 9 heteroatoms. The van der Waals surface area contributed by atoms with Crippen molar-refractivity contribution in [2.24, 2.45) is 11.7 Å². The quantitative estimate of drug-likeness (QED) is 0.557. The Hall–Kier alpha value is -3.20. The van der Waals surface area contributed by atoms with Gasteiger partial charge in [0.1, 0.15) is 17.1 Å². The van der Waals surface area contributed by atoms with Crippen molar-refractivity contribution in [1.29, 1.82) is 0 Å². The number of nitrogens with two attached hydrogens (primary N) is 1. The lowest BCUT2D eigenvalue weighted by molar-refractivity contribution is -0.134. The SMILES string of the molecule is CC(C)C[C@@]1(c2ccccc2)NC(=O)N(CC(=O)Nc2sc3c(c2C(N)=O)CCC3)C1=O. The zero-order valence-electron chi connectivity index (χ0n) is 18.1. The van der Waals surface area contributed by atoms with Crippen LogP contribution in [0.2, 0.25) is 0 Å². The van der Waals surface area contributed by atoms with Gasteiger partial charge in [-0.3, -0.25) is 19.3 Å². The smallest absolute Gasteiger partial charge is 0.325 e. The van der Waals surface area contributed by atoms with E-state index in [4.69, 9.17) is 5.73 Å². The number of rotatable bonds is 7. The van der Waals surface area contributed by atoms with Gasteiger partial charge in [-0.05, 0) is 42.7 Å². The second-order valence-corrected chi connectivity index (χ2v) is 9.77. The monoisotopic (exact) mass is 454 g/mol. The number of primary amides is 1. The van der Waals surface area contributed by atoms with Gasteiger partial charge in [0.25, 0.3) is 11.8 Å². The third-order valence-corrected chi connectivity index (χ3v) is 7.09. The van der Waals surface area contributed by atoms with Gasteiger partial charge in [-0.2, -0.15) is 0 Å². The van der Waals surface area contributed by atoms with E-state index in [1.54, 1.807) is 12.1 Å². The Labute approximate surface area is 190 Å². The van der Waals surface area contributed by atoms with E-state index in [0.29, 0.717) is 22.5 Å². The predicted octanol–water partition coefficient (Wildman–Crippen LogP) is 2.77. The molecule has 4 rings (SSSR count). The van der Waals surface area contributed by atoms with Gasteiger partial charge >= 0.3 is 6.03 Å². The highest BCUT2D eigenvalue weighted by molar-refractivity contribution is 7.17. The van der Waals surface area contributed by atoms with Crippen LogP contribution in [0.15, 0.2) is 30.3 Å². The number of anilines is 1. The van der Waals surface area contributed by atoms with Gasteiger partial charge in [-0.1, -0.05) is 44.2 Å². The van der Waals surface area contributed by atoms with E-state index >= 15 is 0 Å². The first-order valence-electron chi connectivity index (χ1n) is 10.7. The van der Waals surface area contributed by atoms with Crippen LogP contribution in [-0.4, -0.2) is 35.2 Å². The minimum absolute atomic E-state index is 0.125. The van der Waals surface area contributed by atoms with Crippen LogP contribution in [0.1, 0.15) is 53.1 Å². The van der Waals surface area contributed by atoms with Crippen molar-refractivity contribution in [3.8, 4) is 0 Å². The van der Waals surface area contributed by atoms with E-state index in [1.807, 2.05) is 32.0 Å². The molecule has 4 N–H and O–H groups in total. The lowest BCUT2D eigenvalue weighted by Gasteiger charge is -2.29. The molecule has 0 radical (unpaired) electrons. The molecule has 1 atom stereocenters. The fraction of sp³-hybridized carbons (Fsp3) is 0.391. The second-order valence-electron chi connectivity index (χ2n) is 8.66. The van der Waals surface area contributed by atoms with E-state index < -0.39 is 35.8 Å². The van der Waals surface area contributed by atoms with Crippen molar-refractivity contribution in [2.45, 2.75) is 45.1 Å². The zero-order valence-corrected chi connectivity index (χ0v) is 18.9. The molecule has 0 saturated carbocycles. The predicted molar refractivity (Wildman–Crippen MR) is 121 cm³/mol. The van der Waals surface area contributed by atoms with E-state index in [0.717, 1.165) is 34.6 Å². The number of thiophene rings is 1. The second kappa shape index (κ2) is 8.38. The Morgan fingerprint density at radius 3 is 2.59 bits per heavy atom. The van der Waals surface area contributed by atoms with Crippen LogP contribution in [-0.2, 0) is 28.0 Å². The first kappa shape index (κ1) is 22.0. The lowest BCUT2D eigenvalue weighted by Crippen LogP contribution is -2.45. The molecule has 0 unspecified atom stereocenters. The van der Waals surface area contributed by atoms with Crippen LogP contribution in [0, 0.1) is 5.92 Å². The highest BCUT2D eigenvalue weighted by Gasteiger charge is 2.52. The van der Waals surface area contributed by atoms with Gasteiger partial charge in [-0.25, -0.2) is 4.79 Å². The van der Waals surface area contributed by atoms with Crippen LogP contribution in [0.3, 0.4) is 0 Å². The summed E-state index contributed by atoms with van der Waals surface area (Å²) in [7, 11) is 0. The number of amides is 5. The van der Waals surface area contributed by atoms with Crippen molar-refractivity contribution in [1.82, 2.24) is 10.2 Å². The molecule has 1 aromatic heterocycles. The molecule has 2 aromatic rings. The molecule has 1 fully saturated rings. The summed E-state index contributed by atoms with van der Waals surface area (Å²) in [4.78, 5) is 53.0. The van der Waals surface area contributed by atoms with Crippen LogP contribution >= 0.6 is 11.3 Å². The topological polar surface area (TPSA) is 122 Å². The Bertz CT molecular complexity index is 1090. The van der Waals surface area contributed by atoms with E-state index in [2.05, 4.69) is 10.6 Å². The van der Waals surface area contributed by atoms with Gasteiger partial charge in [0.15, 0.2) is 0 Å². The van der Waals surface area contributed by atoms with Crippen LogP contribution in [0.25, 0.3) is 0 Å². The average Bonchev–Trinajstić information content (AvgIpc) is 3.37. The molecule has 1 aliphatic carbocycles. The van der Waals surface area contributed by atoms with Gasteiger partial charge in [-0.15, -0.1) is 11.3 Å². The molecule has 1 saturated heterocycles. The number of carbonyl (C=O) groups is 4. The average molecular weight is 455 g/mol. The number of imide groups is 1. The molecule has 1 aliphatic heterocycles. The van der Waals surface area contributed by atoms with Crippen molar-refractivity contribution < 1.29 is 19.2 Å². The van der Waals surface area contributed by atoms with Gasteiger partial charge in [0, 0.05) is 4.88 Å². The number of urea groups is 1. The number of carbonyl (C=O) groups excluding carboxylic acids is 4. The number of hydrogen-bond acceptors (Lipinski definition) is 5. The standard InChI is InChI=1S/C23H26N4O4S/c1-13(2)11-23(14-7-4-3-5-8-14)21(30)27(22(31)26-23)12-17(28)25-20-18(19(24)29)15-9-6-10-16(15)32-20/h3-5,7-8,13H,6,9-12H2,1-2H3,(H2,24,29)(H,25,28)(H,26,31)/t23-/m0/s1. The number of hydrogen-bond donors (Lipinski definition) is 3. The number of benzene rings is 1. The third kappa shape index (κ3) is 3.77. The molecular weight excluding hydrogens is 428 g/mol. The zero-order chi connectivity index (χ0) is 23.0. The molecule has 2 aliphatic rings. The van der Waals surface area contributed by atoms with Gasteiger partial charge in [0.05, 0.1) is 5.56 Å². The summed E-state index contributed by atoms with van der Waals surface area (Å²) in [6, 6.07) is 8.46. The maximum absolute atomic E-state index is 13.4. The maximum Gasteiger partial charge on any atom is 0.325 e. The molecule has 168 valence electrons. The molecule has 2 heterocycles.